The Morgan fingerprint density at radius 3 is 2.57 bits per heavy atom. The second-order valence-corrected chi connectivity index (χ2v) is 6.68. The number of nitrogens with one attached hydrogen (secondary N) is 1. The van der Waals surface area contributed by atoms with Gasteiger partial charge < -0.3 is 10.4 Å². The molecule has 0 aromatic heterocycles. The molecular formula is C18H26N2O3. The molecule has 1 aliphatic rings. The SMILES string of the molecule is CC(C)C[C@@H](NC(=O)c1cccc(CN2CCCC2)c1)C(=O)O. The third kappa shape index (κ3) is 5.36. The zero-order chi connectivity index (χ0) is 16.8. The Kier molecular flexibility index (Phi) is 6.16. The maximum atomic E-state index is 12.3. The molecule has 1 aromatic carbocycles. The number of rotatable bonds is 7. The van der Waals surface area contributed by atoms with Crippen molar-refractivity contribution < 1.29 is 14.7 Å². The van der Waals surface area contributed by atoms with Gasteiger partial charge in [-0.25, -0.2) is 4.79 Å². The molecule has 0 aliphatic carbocycles. The average molecular weight is 318 g/mol. The van der Waals surface area contributed by atoms with E-state index in [2.05, 4.69) is 10.2 Å². The van der Waals surface area contributed by atoms with Crippen LogP contribution in [0.3, 0.4) is 0 Å². The zero-order valence-electron chi connectivity index (χ0n) is 13.9. The number of amides is 1. The summed E-state index contributed by atoms with van der Waals surface area (Å²) in [6.45, 7) is 6.94. The molecule has 0 spiro atoms. The number of nitrogens with zero attached hydrogens (tertiary/aromatic N) is 1. The van der Waals surface area contributed by atoms with Crippen LogP contribution in [0.4, 0.5) is 0 Å². The molecule has 1 aromatic rings. The highest BCUT2D eigenvalue weighted by Gasteiger charge is 2.22. The zero-order valence-corrected chi connectivity index (χ0v) is 13.9. The maximum Gasteiger partial charge on any atom is 0.326 e. The fourth-order valence-electron chi connectivity index (χ4n) is 2.94. The standard InChI is InChI=1S/C18H26N2O3/c1-13(2)10-16(18(22)23)19-17(21)15-7-5-6-14(11-15)12-20-8-3-4-9-20/h5-7,11,13,16H,3-4,8-10,12H2,1-2H3,(H,19,21)(H,22,23)/t16-/m1/s1. The number of carboxylic acids is 1. The minimum atomic E-state index is -0.986. The normalized spacial score (nSPS) is 16.5. The number of carbonyl (C=O) groups excluding carboxylic acids is 1. The molecule has 1 heterocycles. The van der Waals surface area contributed by atoms with E-state index in [-0.39, 0.29) is 11.8 Å². The molecule has 0 unspecified atom stereocenters. The van der Waals surface area contributed by atoms with E-state index in [1.165, 1.54) is 12.8 Å². The van der Waals surface area contributed by atoms with E-state index in [9.17, 15) is 14.7 Å². The topological polar surface area (TPSA) is 69.6 Å². The second kappa shape index (κ2) is 8.11. The molecule has 2 rings (SSSR count). The van der Waals surface area contributed by atoms with Crippen LogP contribution in [-0.2, 0) is 11.3 Å². The minimum Gasteiger partial charge on any atom is -0.480 e. The lowest BCUT2D eigenvalue weighted by atomic mass is 10.0. The number of carbonyl (C=O) groups is 2. The van der Waals surface area contributed by atoms with Crippen molar-refractivity contribution >= 4 is 11.9 Å². The third-order valence-corrected chi connectivity index (χ3v) is 4.10. The number of carboxylic acid groups (broad SMARTS) is 1. The van der Waals surface area contributed by atoms with E-state index in [1.807, 2.05) is 32.0 Å². The highest BCUT2D eigenvalue weighted by molar-refractivity contribution is 5.96. The molecule has 1 amide bonds. The summed E-state index contributed by atoms with van der Waals surface area (Å²) in [5.41, 5.74) is 1.62. The quantitative estimate of drug-likeness (QED) is 0.810. The Bertz CT molecular complexity index is 551. The van der Waals surface area contributed by atoms with Crippen LogP contribution in [0, 0.1) is 5.92 Å². The van der Waals surface area contributed by atoms with E-state index < -0.39 is 12.0 Å². The van der Waals surface area contributed by atoms with Gasteiger partial charge in [-0.3, -0.25) is 9.69 Å². The number of benzene rings is 1. The van der Waals surface area contributed by atoms with E-state index in [0.29, 0.717) is 12.0 Å². The highest BCUT2D eigenvalue weighted by atomic mass is 16.4. The molecule has 23 heavy (non-hydrogen) atoms. The fraction of sp³-hybridized carbons (Fsp3) is 0.556. The van der Waals surface area contributed by atoms with Gasteiger partial charge in [0.15, 0.2) is 0 Å². The van der Waals surface area contributed by atoms with Crippen molar-refractivity contribution in [2.24, 2.45) is 5.92 Å². The number of likely N-dealkylation sites (tertiary alicyclic amines) is 1. The van der Waals surface area contributed by atoms with Crippen LogP contribution in [0.5, 0.6) is 0 Å². The lowest BCUT2D eigenvalue weighted by Gasteiger charge is -2.17. The first-order valence-electron chi connectivity index (χ1n) is 8.30. The van der Waals surface area contributed by atoms with E-state index >= 15 is 0 Å². The first-order valence-corrected chi connectivity index (χ1v) is 8.30. The molecule has 0 radical (unpaired) electrons. The first kappa shape index (κ1) is 17.5. The molecule has 126 valence electrons. The van der Waals surface area contributed by atoms with Crippen LogP contribution in [-0.4, -0.2) is 41.0 Å². The van der Waals surface area contributed by atoms with Gasteiger partial charge in [-0.1, -0.05) is 26.0 Å². The third-order valence-electron chi connectivity index (χ3n) is 4.10. The van der Waals surface area contributed by atoms with Crippen molar-refractivity contribution in [3.8, 4) is 0 Å². The van der Waals surface area contributed by atoms with Crippen LogP contribution in [0.15, 0.2) is 24.3 Å². The fourth-order valence-corrected chi connectivity index (χ4v) is 2.94. The monoisotopic (exact) mass is 318 g/mol. The summed E-state index contributed by atoms with van der Waals surface area (Å²) < 4.78 is 0. The van der Waals surface area contributed by atoms with Crippen LogP contribution in [0.1, 0.15) is 49.0 Å². The Hall–Kier alpha value is -1.88. The van der Waals surface area contributed by atoms with Gasteiger partial charge in [0.05, 0.1) is 0 Å². The number of hydrogen-bond acceptors (Lipinski definition) is 3. The lowest BCUT2D eigenvalue weighted by Crippen LogP contribution is -2.41. The molecule has 5 heteroatoms. The summed E-state index contributed by atoms with van der Waals surface area (Å²) in [5.74, 6) is -1.10. The Morgan fingerprint density at radius 1 is 1.26 bits per heavy atom. The van der Waals surface area contributed by atoms with Crippen molar-refractivity contribution in [3.05, 3.63) is 35.4 Å². The van der Waals surface area contributed by atoms with Crippen molar-refractivity contribution in [3.63, 3.8) is 0 Å². The summed E-state index contributed by atoms with van der Waals surface area (Å²) in [4.78, 5) is 26.0. The van der Waals surface area contributed by atoms with Gasteiger partial charge >= 0.3 is 5.97 Å². The van der Waals surface area contributed by atoms with Gasteiger partial charge in [-0.2, -0.15) is 0 Å². The van der Waals surface area contributed by atoms with Crippen LogP contribution < -0.4 is 5.32 Å². The van der Waals surface area contributed by atoms with Crippen molar-refractivity contribution in [2.75, 3.05) is 13.1 Å². The molecule has 1 aliphatic heterocycles. The second-order valence-electron chi connectivity index (χ2n) is 6.68. The molecule has 0 saturated carbocycles. The molecule has 2 N–H and O–H groups in total. The van der Waals surface area contributed by atoms with Crippen molar-refractivity contribution in [1.29, 1.82) is 0 Å². The number of hydrogen-bond donors (Lipinski definition) is 2. The summed E-state index contributed by atoms with van der Waals surface area (Å²) in [7, 11) is 0. The average Bonchev–Trinajstić information content (AvgIpc) is 2.99. The van der Waals surface area contributed by atoms with Gasteiger partial charge in [0, 0.05) is 12.1 Å². The van der Waals surface area contributed by atoms with Crippen LogP contribution in [0.25, 0.3) is 0 Å². The van der Waals surface area contributed by atoms with Crippen LogP contribution >= 0.6 is 0 Å². The van der Waals surface area contributed by atoms with Crippen LogP contribution in [0.2, 0.25) is 0 Å². The molecular weight excluding hydrogens is 292 g/mol. The Labute approximate surface area is 137 Å². The van der Waals surface area contributed by atoms with Crippen molar-refractivity contribution in [1.82, 2.24) is 10.2 Å². The Morgan fingerprint density at radius 2 is 1.96 bits per heavy atom. The first-order chi connectivity index (χ1) is 11.0. The predicted octanol–water partition coefficient (Wildman–Crippen LogP) is 2.51. The maximum absolute atomic E-state index is 12.3. The highest BCUT2D eigenvalue weighted by Crippen LogP contribution is 2.14. The minimum absolute atomic E-state index is 0.206. The van der Waals surface area contributed by atoms with E-state index in [4.69, 9.17) is 0 Å². The largest absolute Gasteiger partial charge is 0.480 e. The van der Waals surface area contributed by atoms with Gasteiger partial charge in [0.25, 0.3) is 5.91 Å². The van der Waals surface area contributed by atoms with E-state index in [0.717, 1.165) is 25.2 Å². The van der Waals surface area contributed by atoms with Gasteiger partial charge in [-0.05, 0) is 56.0 Å². The Balaban J connectivity index is 2.01. The molecule has 1 atom stereocenters. The summed E-state index contributed by atoms with van der Waals surface area (Å²) in [6, 6.07) is 6.62. The smallest absolute Gasteiger partial charge is 0.326 e. The van der Waals surface area contributed by atoms with Gasteiger partial charge in [0.2, 0.25) is 0 Å². The molecule has 0 bridgehead atoms. The van der Waals surface area contributed by atoms with Gasteiger partial charge in [0.1, 0.15) is 6.04 Å². The summed E-state index contributed by atoms with van der Waals surface area (Å²) in [5, 5.41) is 11.9. The van der Waals surface area contributed by atoms with Crippen molar-refractivity contribution in [2.45, 2.75) is 45.7 Å². The molecule has 5 nitrogen and oxygen atoms in total. The lowest BCUT2D eigenvalue weighted by molar-refractivity contribution is -0.139. The predicted molar refractivity (Wildman–Crippen MR) is 89.3 cm³/mol. The van der Waals surface area contributed by atoms with E-state index in [1.54, 1.807) is 6.07 Å². The molecule has 1 fully saturated rings. The summed E-state index contributed by atoms with van der Waals surface area (Å²) >= 11 is 0. The number of aliphatic carboxylic acids is 1. The molecule has 1 saturated heterocycles. The van der Waals surface area contributed by atoms with Gasteiger partial charge in [-0.15, -0.1) is 0 Å². The summed E-state index contributed by atoms with van der Waals surface area (Å²) in [6.07, 6.45) is 2.89.